The summed E-state index contributed by atoms with van der Waals surface area (Å²) in [4.78, 5) is 34.4. The average molecular weight is 343 g/mol. The Morgan fingerprint density at radius 2 is 2.12 bits per heavy atom. The SMILES string of the molecule is O=C(C1CCC1)N1CCCC[C@H]1c1nc(-c2ccsc2)cc(=O)[nH]1. The minimum atomic E-state index is -0.150. The smallest absolute Gasteiger partial charge is 0.251 e. The fourth-order valence-corrected chi connectivity index (χ4v) is 4.21. The Kier molecular flexibility index (Phi) is 4.22. The molecule has 1 atom stereocenters. The number of thiophene rings is 1. The van der Waals surface area contributed by atoms with Crippen LogP contribution in [0.1, 0.15) is 50.4 Å². The first-order chi connectivity index (χ1) is 11.7. The van der Waals surface area contributed by atoms with Crippen LogP contribution in [0.2, 0.25) is 0 Å². The number of likely N-dealkylation sites (tertiary alicyclic amines) is 1. The summed E-state index contributed by atoms with van der Waals surface area (Å²) < 4.78 is 0. The maximum atomic E-state index is 12.8. The van der Waals surface area contributed by atoms with Crippen molar-refractivity contribution in [2.75, 3.05) is 6.54 Å². The Hall–Kier alpha value is -1.95. The lowest BCUT2D eigenvalue weighted by Crippen LogP contribution is -2.44. The van der Waals surface area contributed by atoms with Crippen molar-refractivity contribution in [3.05, 3.63) is 39.1 Å². The summed E-state index contributed by atoms with van der Waals surface area (Å²) >= 11 is 1.58. The van der Waals surface area contributed by atoms with Crippen molar-refractivity contribution in [3.8, 4) is 11.3 Å². The molecule has 6 heteroatoms. The fraction of sp³-hybridized carbons (Fsp3) is 0.500. The molecule has 0 radical (unpaired) electrons. The number of nitrogens with zero attached hydrogens (tertiary/aromatic N) is 2. The number of aromatic nitrogens is 2. The highest BCUT2D eigenvalue weighted by Gasteiger charge is 2.36. The van der Waals surface area contributed by atoms with E-state index in [1.54, 1.807) is 11.3 Å². The quantitative estimate of drug-likeness (QED) is 0.929. The largest absolute Gasteiger partial charge is 0.332 e. The Bertz CT molecular complexity index is 780. The van der Waals surface area contributed by atoms with E-state index >= 15 is 0 Å². The monoisotopic (exact) mass is 343 g/mol. The third-order valence-electron chi connectivity index (χ3n) is 5.13. The number of hydrogen-bond donors (Lipinski definition) is 1. The van der Waals surface area contributed by atoms with Crippen molar-refractivity contribution in [1.29, 1.82) is 0 Å². The number of amides is 1. The van der Waals surface area contributed by atoms with Crippen LogP contribution in [0.3, 0.4) is 0 Å². The molecule has 2 aliphatic rings. The van der Waals surface area contributed by atoms with E-state index in [9.17, 15) is 9.59 Å². The molecule has 0 bridgehead atoms. The molecule has 1 N–H and O–H groups in total. The van der Waals surface area contributed by atoms with E-state index in [1.165, 1.54) is 6.07 Å². The summed E-state index contributed by atoms with van der Waals surface area (Å²) in [6, 6.07) is 3.40. The van der Waals surface area contributed by atoms with E-state index in [-0.39, 0.29) is 23.4 Å². The van der Waals surface area contributed by atoms with E-state index in [0.717, 1.165) is 50.6 Å². The van der Waals surface area contributed by atoms with Gasteiger partial charge in [0.2, 0.25) is 5.91 Å². The number of nitrogens with one attached hydrogen (secondary N) is 1. The van der Waals surface area contributed by atoms with Gasteiger partial charge in [-0.1, -0.05) is 6.42 Å². The molecule has 2 fully saturated rings. The van der Waals surface area contributed by atoms with Crippen LogP contribution >= 0.6 is 11.3 Å². The molecule has 4 rings (SSSR count). The Balaban J connectivity index is 1.67. The molecule has 0 aromatic carbocycles. The van der Waals surface area contributed by atoms with E-state index in [4.69, 9.17) is 4.98 Å². The van der Waals surface area contributed by atoms with Crippen LogP contribution in [0.4, 0.5) is 0 Å². The van der Waals surface area contributed by atoms with Crippen molar-refractivity contribution in [2.45, 2.75) is 44.6 Å². The highest BCUT2D eigenvalue weighted by molar-refractivity contribution is 7.08. The predicted molar refractivity (Wildman–Crippen MR) is 93.8 cm³/mol. The summed E-state index contributed by atoms with van der Waals surface area (Å²) in [5.74, 6) is 1.06. The van der Waals surface area contributed by atoms with Gasteiger partial charge in [0.15, 0.2) is 0 Å². The van der Waals surface area contributed by atoms with Crippen LogP contribution in [-0.2, 0) is 4.79 Å². The zero-order valence-electron chi connectivity index (χ0n) is 13.5. The molecule has 1 aliphatic carbocycles. The van der Waals surface area contributed by atoms with Gasteiger partial charge in [-0.25, -0.2) is 4.98 Å². The first kappa shape index (κ1) is 15.6. The van der Waals surface area contributed by atoms with Gasteiger partial charge in [-0.2, -0.15) is 11.3 Å². The summed E-state index contributed by atoms with van der Waals surface area (Å²) in [5, 5.41) is 3.97. The molecular formula is C18H21N3O2S. The van der Waals surface area contributed by atoms with E-state index in [0.29, 0.717) is 11.5 Å². The minimum Gasteiger partial charge on any atom is -0.332 e. The Labute approximate surface area is 144 Å². The number of H-pyrrole nitrogens is 1. The van der Waals surface area contributed by atoms with Crippen molar-refractivity contribution in [3.63, 3.8) is 0 Å². The Morgan fingerprint density at radius 1 is 1.25 bits per heavy atom. The molecule has 2 aromatic rings. The second kappa shape index (κ2) is 6.51. The van der Waals surface area contributed by atoms with Gasteiger partial charge in [-0.3, -0.25) is 9.59 Å². The van der Waals surface area contributed by atoms with Gasteiger partial charge in [-0.05, 0) is 43.6 Å². The Morgan fingerprint density at radius 3 is 2.83 bits per heavy atom. The minimum absolute atomic E-state index is 0.0989. The van der Waals surface area contributed by atoms with Gasteiger partial charge < -0.3 is 9.88 Å². The van der Waals surface area contributed by atoms with Gasteiger partial charge >= 0.3 is 0 Å². The van der Waals surface area contributed by atoms with Crippen LogP contribution in [0, 0.1) is 5.92 Å². The molecule has 1 saturated carbocycles. The first-order valence-corrected chi connectivity index (χ1v) is 9.61. The molecule has 1 aliphatic heterocycles. The van der Waals surface area contributed by atoms with Crippen molar-refractivity contribution in [1.82, 2.24) is 14.9 Å². The summed E-state index contributed by atoms with van der Waals surface area (Å²) in [7, 11) is 0. The standard InChI is InChI=1S/C18H21N3O2S/c22-16-10-14(13-7-9-24-11-13)19-17(20-16)15-6-1-2-8-21(15)18(23)12-4-3-5-12/h7,9-12,15H,1-6,8H2,(H,19,20,22)/t15-/m0/s1. The van der Waals surface area contributed by atoms with Crippen molar-refractivity contribution >= 4 is 17.2 Å². The molecule has 3 heterocycles. The normalized spacial score (nSPS) is 21.5. The van der Waals surface area contributed by atoms with Crippen LogP contribution in [0.5, 0.6) is 0 Å². The van der Waals surface area contributed by atoms with E-state index in [1.807, 2.05) is 21.7 Å². The molecule has 24 heavy (non-hydrogen) atoms. The topological polar surface area (TPSA) is 66.1 Å². The summed E-state index contributed by atoms with van der Waals surface area (Å²) in [5.41, 5.74) is 1.50. The lowest BCUT2D eigenvalue weighted by molar-refractivity contribution is -0.142. The molecule has 5 nitrogen and oxygen atoms in total. The second-order valence-electron chi connectivity index (χ2n) is 6.70. The van der Waals surface area contributed by atoms with Crippen molar-refractivity contribution < 1.29 is 4.79 Å². The number of rotatable bonds is 3. The maximum absolute atomic E-state index is 12.8. The van der Waals surface area contributed by atoms with Crippen molar-refractivity contribution in [2.24, 2.45) is 5.92 Å². The number of aromatic amines is 1. The van der Waals surface area contributed by atoms with Gasteiger partial charge in [0.05, 0.1) is 11.7 Å². The second-order valence-corrected chi connectivity index (χ2v) is 7.48. The third kappa shape index (κ3) is 2.90. The summed E-state index contributed by atoms with van der Waals surface area (Å²) in [6.45, 7) is 0.770. The van der Waals surface area contributed by atoms with Gasteiger partial charge in [0.1, 0.15) is 5.82 Å². The number of hydrogen-bond acceptors (Lipinski definition) is 4. The van der Waals surface area contributed by atoms with Gasteiger partial charge in [-0.15, -0.1) is 0 Å². The summed E-state index contributed by atoms with van der Waals surface area (Å²) in [6.07, 6.45) is 6.11. The zero-order valence-corrected chi connectivity index (χ0v) is 14.3. The van der Waals surface area contributed by atoms with Crippen LogP contribution in [-0.4, -0.2) is 27.3 Å². The molecule has 126 valence electrons. The first-order valence-electron chi connectivity index (χ1n) is 8.67. The van der Waals surface area contributed by atoms with Crippen LogP contribution in [0.25, 0.3) is 11.3 Å². The van der Waals surface area contributed by atoms with E-state index < -0.39 is 0 Å². The molecule has 1 amide bonds. The molecule has 2 aromatic heterocycles. The fourth-order valence-electron chi connectivity index (χ4n) is 3.56. The van der Waals surface area contributed by atoms with Gasteiger partial charge in [0, 0.05) is 29.5 Å². The number of piperidine rings is 1. The number of carbonyl (C=O) groups is 1. The number of carbonyl (C=O) groups excluding carboxylic acids is 1. The predicted octanol–water partition coefficient (Wildman–Crippen LogP) is 3.35. The lowest BCUT2D eigenvalue weighted by Gasteiger charge is -2.39. The molecule has 0 spiro atoms. The lowest BCUT2D eigenvalue weighted by atomic mass is 9.83. The maximum Gasteiger partial charge on any atom is 0.251 e. The molecular weight excluding hydrogens is 322 g/mol. The zero-order chi connectivity index (χ0) is 16.5. The molecule has 0 unspecified atom stereocenters. The van der Waals surface area contributed by atoms with Crippen LogP contribution in [0.15, 0.2) is 27.7 Å². The molecule has 1 saturated heterocycles. The van der Waals surface area contributed by atoms with E-state index in [2.05, 4.69) is 4.98 Å². The third-order valence-corrected chi connectivity index (χ3v) is 5.82. The van der Waals surface area contributed by atoms with Gasteiger partial charge in [0.25, 0.3) is 5.56 Å². The van der Waals surface area contributed by atoms with Crippen LogP contribution < -0.4 is 5.56 Å². The highest BCUT2D eigenvalue weighted by atomic mass is 32.1. The average Bonchev–Trinajstić information content (AvgIpc) is 3.07. The highest BCUT2D eigenvalue weighted by Crippen LogP contribution is 2.35.